The molecule has 1 N–H and O–H groups in total. The van der Waals surface area contributed by atoms with Crippen molar-refractivity contribution in [1.29, 1.82) is 0 Å². The lowest BCUT2D eigenvalue weighted by atomic mass is 10.2. The molecule has 0 atom stereocenters. The van der Waals surface area contributed by atoms with E-state index < -0.39 is 0 Å². The minimum atomic E-state index is -0.0636. The number of nitrogens with one attached hydrogen (secondary N) is 1. The Morgan fingerprint density at radius 1 is 1.47 bits per heavy atom. The van der Waals surface area contributed by atoms with Crippen LogP contribution in [0.1, 0.15) is 23.2 Å². The number of carbonyl (C=O) groups excluding carboxylic acids is 1. The van der Waals surface area contributed by atoms with Crippen LogP contribution in [-0.4, -0.2) is 36.7 Å². The molecule has 0 bridgehead atoms. The van der Waals surface area contributed by atoms with E-state index in [4.69, 9.17) is 9.15 Å². The van der Waals surface area contributed by atoms with Crippen molar-refractivity contribution in [2.75, 3.05) is 25.5 Å². The van der Waals surface area contributed by atoms with Gasteiger partial charge in [-0.1, -0.05) is 0 Å². The molecule has 0 radical (unpaired) electrons. The number of hydrogen-bond acceptors (Lipinski definition) is 4. The van der Waals surface area contributed by atoms with Crippen LogP contribution < -0.4 is 5.32 Å². The van der Waals surface area contributed by atoms with Crippen molar-refractivity contribution >= 4 is 17.7 Å². The predicted octanol–water partition coefficient (Wildman–Crippen LogP) is 1.92. The van der Waals surface area contributed by atoms with Crippen LogP contribution in [0.3, 0.4) is 0 Å². The fraction of sp³-hybridized carbons (Fsp3) is 0.583. The maximum atomic E-state index is 11.6. The Kier molecular flexibility index (Phi) is 4.94. The van der Waals surface area contributed by atoms with Crippen molar-refractivity contribution in [3.63, 3.8) is 0 Å². The van der Waals surface area contributed by atoms with Gasteiger partial charge in [-0.15, -0.1) is 0 Å². The van der Waals surface area contributed by atoms with Crippen LogP contribution in [-0.2, 0) is 4.74 Å². The average Bonchev–Trinajstić information content (AvgIpc) is 2.89. The standard InChI is InChI=1S/C12H17NO3S/c14-12(10-1-5-16-9-10)13-4-8-17-11-2-6-15-7-3-11/h1,5,9,11H,2-4,6-8H2,(H,13,14). The number of rotatable bonds is 5. The van der Waals surface area contributed by atoms with Gasteiger partial charge in [0.15, 0.2) is 0 Å². The Bertz CT molecular complexity index is 334. The Hall–Kier alpha value is -0.940. The highest BCUT2D eigenvalue weighted by molar-refractivity contribution is 7.99. The van der Waals surface area contributed by atoms with E-state index in [1.54, 1.807) is 6.07 Å². The number of carbonyl (C=O) groups is 1. The van der Waals surface area contributed by atoms with E-state index in [2.05, 4.69) is 5.32 Å². The quantitative estimate of drug-likeness (QED) is 0.817. The molecule has 17 heavy (non-hydrogen) atoms. The maximum Gasteiger partial charge on any atom is 0.254 e. The van der Waals surface area contributed by atoms with Crippen molar-refractivity contribution in [3.05, 3.63) is 24.2 Å². The van der Waals surface area contributed by atoms with Crippen molar-refractivity contribution < 1.29 is 13.9 Å². The normalized spacial score (nSPS) is 16.9. The van der Waals surface area contributed by atoms with E-state index in [1.807, 2.05) is 11.8 Å². The molecule has 5 heteroatoms. The van der Waals surface area contributed by atoms with Crippen LogP contribution >= 0.6 is 11.8 Å². The minimum absolute atomic E-state index is 0.0636. The van der Waals surface area contributed by atoms with Gasteiger partial charge in [0, 0.05) is 30.8 Å². The summed E-state index contributed by atoms with van der Waals surface area (Å²) in [5.41, 5.74) is 0.584. The van der Waals surface area contributed by atoms with Crippen molar-refractivity contribution in [3.8, 4) is 0 Å². The largest absolute Gasteiger partial charge is 0.472 e. The lowest BCUT2D eigenvalue weighted by Crippen LogP contribution is -2.26. The summed E-state index contributed by atoms with van der Waals surface area (Å²) in [7, 11) is 0. The summed E-state index contributed by atoms with van der Waals surface area (Å²) < 4.78 is 10.2. The van der Waals surface area contributed by atoms with Crippen LogP contribution in [0.2, 0.25) is 0 Å². The van der Waals surface area contributed by atoms with Crippen molar-refractivity contribution in [1.82, 2.24) is 5.32 Å². The third-order valence-corrected chi connectivity index (χ3v) is 4.08. The summed E-state index contributed by atoms with van der Waals surface area (Å²) in [6.45, 7) is 2.45. The fourth-order valence-electron chi connectivity index (χ4n) is 1.73. The zero-order valence-corrected chi connectivity index (χ0v) is 10.5. The second kappa shape index (κ2) is 6.71. The molecule has 0 aromatic carbocycles. The molecule has 94 valence electrons. The molecule has 1 saturated heterocycles. The van der Waals surface area contributed by atoms with Gasteiger partial charge in [0.1, 0.15) is 6.26 Å². The van der Waals surface area contributed by atoms with E-state index in [0.29, 0.717) is 17.4 Å². The Balaban J connectivity index is 1.58. The minimum Gasteiger partial charge on any atom is -0.472 e. The first-order chi connectivity index (χ1) is 8.36. The van der Waals surface area contributed by atoms with E-state index in [-0.39, 0.29) is 5.91 Å². The maximum absolute atomic E-state index is 11.6. The first kappa shape index (κ1) is 12.5. The first-order valence-corrected chi connectivity index (χ1v) is 6.91. The van der Waals surface area contributed by atoms with Crippen molar-refractivity contribution in [2.45, 2.75) is 18.1 Å². The fourth-order valence-corrected chi connectivity index (χ4v) is 2.81. The molecule has 0 spiro atoms. The lowest BCUT2D eigenvalue weighted by Gasteiger charge is -2.21. The van der Waals surface area contributed by atoms with Crippen LogP contribution in [0.15, 0.2) is 23.0 Å². The van der Waals surface area contributed by atoms with Gasteiger partial charge >= 0.3 is 0 Å². The second-order valence-electron chi connectivity index (χ2n) is 3.95. The molecule has 2 rings (SSSR count). The number of hydrogen-bond donors (Lipinski definition) is 1. The lowest BCUT2D eigenvalue weighted by molar-refractivity contribution is 0.0954. The van der Waals surface area contributed by atoms with E-state index >= 15 is 0 Å². The molecule has 2 heterocycles. The highest BCUT2D eigenvalue weighted by Crippen LogP contribution is 2.21. The van der Waals surface area contributed by atoms with E-state index in [9.17, 15) is 4.79 Å². The molecule has 1 aromatic heterocycles. The molecule has 1 fully saturated rings. The van der Waals surface area contributed by atoms with Gasteiger partial charge in [-0.05, 0) is 18.9 Å². The van der Waals surface area contributed by atoms with Crippen LogP contribution in [0.4, 0.5) is 0 Å². The molecule has 0 unspecified atom stereocenters. The van der Waals surface area contributed by atoms with Gasteiger partial charge in [0.2, 0.25) is 0 Å². The zero-order valence-electron chi connectivity index (χ0n) is 9.69. The number of thioether (sulfide) groups is 1. The SMILES string of the molecule is O=C(NCCSC1CCOCC1)c1ccoc1. The molecule has 1 aromatic rings. The summed E-state index contributed by atoms with van der Waals surface area (Å²) in [5, 5.41) is 3.56. The summed E-state index contributed by atoms with van der Waals surface area (Å²) in [6, 6.07) is 1.67. The second-order valence-corrected chi connectivity index (χ2v) is 5.36. The first-order valence-electron chi connectivity index (χ1n) is 5.86. The number of amides is 1. The zero-order chi connectivity index (χ0) is 11.9. The number of ether oxygens (including phenoxy) is 1. The van der Waals surface area contributed by atoms with Gasteiger partial charge < -0.3 is 14.5 Å². The van der Waals surface area contributed by atoms with Gasteiger partial charge in [0.05, 0.1) is 11.8 Å². The van der Waals surface area contributed by atoms with Crippen LogP contribution in [0, 0.1) is 0 Å². The van der Waals surface area contributed by atoms with Gasteiger partial charge in [0.25, 0.3) is 5.91 Å². The van der Waals surface area contributed by atoms with Gasteiger partial charge in [-0.25, -0.2) is 0 Å². The van der Waals surface area contributed by atoms with Crippen LogP contribution in [0.25, 0.3) is 0 Å². The molecule has 0 saturated carbocycles. The average molecular weight is 255 g/mol. The molecular weight excluding hydrogens is 238 g/mol. The molecule has 1 aliphatic rings. The topological polar surface area (TPSA) is 51.5 Å². The molecule has 1 amide bonds. The van der Waals surface area contributed by atoms with E-state index in [0.717, 1.165) is 31.8 Å². The van der Waals surface area contributed by atoms with Gasteiger partial charge in [-0.2, -0.15) is 11.8 Å². The summed E-state index contributed by atoms with van der Waals surface area (Å²) in [6.07, 6.45) is 5.22. The highest BCUT2D eigenvalue weighted by Gasteiger charge is 2.13. The third-order valence-electron chi connectivity index (χ3n) is 2.69. The van der Waals surface area contributed by atoms with Crippen molar-refractivity contribution in [2.24, 2.45) is 0 Å². The summed E-state index contributed by atoms with van der Waals surface area (Å²) in [5.74, 6) is 0.889. The molecule has 0 aliphatic carbocycles. The monoisotopic (exact) mass is 255 g/mol. The number of furan rings is 1. The highest BCUT2D eigenvalue weighted by atomic mass is 32.2. The Labute approximate surface area is 105 Å². The molecule has 4 nitrogen and oxygen atoms in total. The molecular formula is C12H17NO3S. The predicted molar refractivity (Wildman–Crippen MR) is 67.3 cm³/mol. The third kappa shape index (κ3) is 4.09. The Morgan fingerprint density at radius 3 is 3.00 bits per heavy atom. The smallest absolute Gasteiger partial charge is 0.254 e. The van der Waals surface area contributed by atoms with E-state index in [1.165, 1.54) is 12.5 Å². The summed E-state index contributed by atoms with van der Waals surface area (Å²) >= 11 is 1.92. The molecule has 1 aliphatic heterocycles. The van der Waals surface area contributed by atoms with Crippen LogP contribution in [0.5, 0.6) is 0 Å². The Morgan fingerprint density at radius 2 is 2.29 bits per heavy atom. The summed E-state index contributed by atoms with van der Waals surface area (Å²) in [4.78, 5) is 11.6. The van der Waals surface area contributed by atoms with Gasteiger partial charge in [-0.3, -0.25) is 4.79 Å².